The molecule has 0 bridgehead atoms. The second-order valence-corrected chi connectivity index (χ2v) is 8.06. The number of aromatic nitrogens is 6. The van der Waals surface area contributed by atoms with Gasteiger partial charge in [-0.2, -0.15) is 19.6 Å². The zero-order valence-corrected chi connectivity index (χ0v) is 16.6. The minimum atomic E-state index is -0.743. The lowest BCUT2D eigenvalue weighted by molar-refractivity contribution is -0.142. The first-order valence-corrected chi connectivity index (χ1v) is 10.3. The van der Waals surface area contributed by atoms with Crippen LogP contribution >= 0.6 is 0 Å². The normalized spacial score (nSPS) is 22.8. The molecule has 0 atom stereocenters. The molecule has 2 fully saturated rings. The predicted molar refractivity (Wildman–Crippen MR) is 108 cm³/mol. The van der Waals surface area contributed by atoms with Crippen molar-refractivity contribution >= 4 is 23.6 Å². The van der Waals surface area contributed by atoms with Crippen molar-refractivity contribution in [3.8, 4) is 5.88 Å². The van der Waals surface area contributed by atoms with Crippen molar-refractivity contribution in [1.82, 2.24) is 29.5 Å². The van der Waals surface area contributed by atoms with Crippen molar-refractivity contribution in [2.45, 2.75) is 50.6 Å². The van der Waals surface area contributed by atoms with Crippen LogP contribution in [0.25, 0.3) is 11.7 Å². The average Bonchev–Trinajstić information content (AvgIpc) is 3.37. The van der Waals surface area contributed by atoms with Gasteiger partial charge < -0.3 is 20.5 Å². The second kappa shape index (κ2) is 7.52. The highest BCUT2D eigenvalue weighted by Crippen LogP contribution is 2.26. The monoisotopic (exact) mass is 426 g/mol. The lowest BCUT2D eigenvalue weighted by atomic mass is 9.86. The van der Waals surface area contributed by atoms with Crippen molar-refractivity contribution in [2.24, 2.45) is 10.9 Å². The van der Waals surface area contributed by atoms with Gasteiger partial charge in [0.05, 0.1) is 18.2 Å². The van der Waals surface area contributed by atoms with Crippen LogP contribution in [-0.2, 0) is 4.79 Å². The molecule has 5 N–H and O–H groups in total. The number of imidazole rings is 1. The van der Waals surface area contributed by atoms with Gasteiger partial charge in [-0.1, -0.05) is 0 Å². The van der Waals surface area contributed by atoms with Gasteiger partial charge in [0.2, 0.25) is 11.8 Å². The number of aromatic amines is 2. The van der Waals surface area contributed by atoms with E-state index in [1.165, 1.54) is 0 Å². The summed E-state index contributed by atoms with van der Waals surface area (Å²) < 4.78 is 1.54. The number of nitrogens with one attached hydrogen (secondary N) is 3. The van der Waals surface area contributed by atoms with E-state index in [1.54, 1.807) is 16.8 Å². The molecule has 3 heterocycles. The van der Waals surface area contributed by atoms with Crippen LogP contribution in [0.1, 0.15) is 44.2 Å². The molecule has 0 unspecified atom stereocenters. The van der Waals surface area contributed by atoms with Gasteiger partial charge in [-0.05, 0) is 44.6 Å². The molecule has 0 radical (unpaired) electrons. The molecule has 0 saturated heterocycles. The fraction of sp³-hybridized carbons (Fsp3) is 0.474. The molecule has 3 aromatic rings. The number of carboxylic acids is 1. The van der Waals surface area contributed by atoms with E-state index >= 15 is 0 Å². The number of hydrogen-bond donors (Lipinski definition) is 5. The van der Waals surface area contributed by atoms with Gasteiger partial charge in [-0.15, -0.1) is 0 Å². The smallest absolute Gasteiger partial charge is 0.326 e. The number of anilines is 1. The zero-order chi connectivity index (χ0) is 21.5. The molecule has 3 aromatic heterocycles. The molecule has 2 aliphatic rings. The Morgan fingerprint density at radius 1 is 1.19 bits per heavy atom. The molecule has 5 rings (SSSR count). The highest BCUT2D eigenvalue weighted by Gasteiger charge is 2.26. The first-order valence-electron chi connectivity index (χ1n) is 10.3. The summed E-state index contributed by atoms with van der Waals surface area (Å²) in [5.74, 6) is -0.913. The van der Waals surface area contributed by atoms with Crippen LogP contribution in [0, 0.1) is 5.92 Å². The molecule has 0 spiro atoms. The van der Waals surface area contributed by atoms with Gasteiger partial charge in [0.15, 0.2) is 5.65 Å². The van der Waals surface area contributed by atoms with Crippen LogP contribution in [0.15, 0.2) is 16.0 Å². The van der Waals surface area contributed by atoms with Crippen molar-refractivity contribution < 1.29 is 15.0 Å². The fourth-order valence-corrected chi connectivity index (χ4v) is 3.81. The third kappa shape index (κ3) is 4.00. The Labute approximate surface area is 174 Å². The highest BCUT2D eigenvalue weighted by molar-refractivity contribution is 5.70. The molecule has 31 heavy (non-hydrogen) atoms. The largest absolute Gasteiger partial charge is 0.493 e. The van der Waals surface area contributed by atoms with Crippen molar-refractivity contribution in [2.75, 3.05) is 5.32 Å². The first-order chi connectivity index (χ1) is 15.0. The number of fused-ring (bicyclic) bond motifs is 1. The molecular weight excluding hydrogens is 404 g/mol. The Morgan fingerprint density at radius 3 is 2.61 bits per heavy atom. The molecule has 2 aliphatic carbocycles. The van der Waals surface area contributed by atoms with Gasteiger partial charge in [-0.3, -0.25) is 9.78 Å². The van der Waals surface area contributed by atoms with Crippen LogP contribution < -0.4 is 21.8 Å². The van der Waals surface area contributed by atoms with E-state index < -0.39 is 11.7 Å². The van der Waals surface area contributed by atoms with Crippen molar-refractivity contribution in [3.05, 3.63) is 33.2 Å². The summed E-state index contributed by atoms with van der Waals surface area (Å²) >= 11 is 0. The summed E-state index contributed by atoms with van der Waals surface area (Å²) in [5, 5.41) is 27.3. The zero-order valence-electron chi connectivity index (χ0n) is 16.6. The van der Waals surface area contributed by atoms with Crippen molar-refractivity contribution in [3.63, 3.8) is 0 Å². The summed E-state index contributed by atoms with van der Waals surface area (Å²) in [4.78, 5) is 41.2. The standard InChI is InChI=1S/C19H22N8O4/c28-15-13(23-19(31)25-15)7-10-8-20-27-14(10)24-17(26-18(27)22-12-5-6-12)21-11-3-1-9(2-4-11)16(29)30/h7-9,11-12,28H,1-6H2,(H,29,30)(H,21,22,26)(H2,23,25,31)/b10-7-. The number of carbonyl (C=O) groups is 1. The summed E-state index contributed by atoms with van der Waals surface area (Å²) in [6, 6.07) is 0.297. The Morgan fingerprint density at radius 2 is 1.97 bits per heavy atom. The summed E-state index contributed by atoms with van der Waals surface area (Å²) in [5.41, 5.74) is 0.623. The topological polar surface area (TPSA) is 174 Å². The lowest BCUT2D eigenvalue weighted by Gasteiger charge is -2.26. The molecule has 12 nitrogen and oxygen atoms in total. The van der Waals surface area contributed by atoms with E-state index in [4.69, 9.17) is 0 Å². The van der Waals surface area contributed by atoms with E-state index in [9.17, 15) is 19.8 Å². The Bertz CT molecular complexity index is 1310. The SMILES string of the molecule is O=C(O)C1CCC(Nc2nc(=NC3CC3)n3nc/c(=C/c4[nH]c(=O)[nH]c4O)c3n2)CC1. The average molecular weight is 426 g/mol. The minimum Gasteiger partial charge on any atom is -0.493 e. The molecule has 0 aromatic carbocycles. The second-order valence-electron chi connectivity index (χ2n) is 8.06. The van der Waals surface area contributed by atoms with Gasteiger partial charge in [0, 0.05) is 11.3 Å². The Kier molecular flexibility index (Phi) is 4.68. The van der Waals surface area contributed by atoms with Crippen molar-refractivity contribution in [1.29, 1.82) is 0 Å². The lowest BCUT2D eigenvalue weighted by Crippen LogP contribution is -2.32. The van der Waals surface area contributed by atoms with Crippen LogP contribution in [0.3, 0.4) is 0 Å². The minimum absolute atomic E-state index is 0.0762. The van der Waals surface area contributed by atoms with Crippen LogP contribution in [0.2, 0.25) is 0 Å². The number of carboxylic acid groups (broad SMARTS) is 1. The van der Waals surface area contributed by atoms with E-state index in [-0.39, 0.29) is 29.6 Å². The summed E-state index contributed by atoms with van der Waals surface area (Å²) in [7, 11) is 0. The molecule has 162 valence electrons. The highest BCUT2D eigenvalue weighted by atomic mass is 16.4. The van der Waals surface area contributed by atoms with E-state index in [1.807, 2.05) is 0 Å². The fourth-order valence-electron chi connectivity index (χ4n) is 3.81. The summed E-state index contributed by atoms with van der Waals surface area (Å²) in [6.07, 6.45) is 7.82. The van der Waals surface area contributed by atoms with E-state index in [0.717, 1.165) is 25.7 Å². The molecule has 12 heteroatoms. The number of hydrogen-bond acceptors (Lipinski definition) is 8. The van der Waals surface area contributed by atoms with E-state index in [2.05, 4.69) is 35.3 Å². The Balaban J connectivity index is 1.52. The van der Waals surface area contributed by atoms with Gasteiger partial charge >= 0.3 is 11.7 Å². The third-order valence-corrected chi connectivity index (χ3v) is 5.67. The van der Waals surface area contributed by atoms with Crippen LogP contribution in [-0.4, -0.2) is 57.8 Å². The van der Waals surface area contributed by atoms with Gasteiger partial charge in [0.1, 0.15) is 5.69 Å². The first kappa shape index (κ1) is 19.3. The quantitative estimate of drug-likeness (QED) is 0.363. The molecule has 0 amide bonds. The maximum atomic E-state index is 11.4. The van der Waals surface area contributed by atoms with Crippen LogP contribution in [0.5, 0.6) is 5.88 Å². The number of nitrogens with zero attached hydrogens (tertiary/aromatic N) is 5. The maximum absolute atomic E-state index is 11.4. The van der Waals surface area contributed by atoms with Crippen LogP contribution in [0.4, 0.5) is 5.95 Å². The molecule has 0 aliphatic heterocycles. The van der Waals surface area contributed by atoms with E-state index in [0.29, 0.717) is 35.3 Å². The maximum Gasteiger partial charge on any atom is 0.326 e. The molecule has 2 saturated carbocycles. The predicted octanol–water partition coefficient (Wildman–Crippen LogP) is -0.488. The number of aromatic hydroxyl groups is 1. The number of aliphatic carboxylic acids is 1. The van der Waals surface area contributed by atoms with Gasteiger partial charge in [-0.25, -0.2) is 9.79 Å². The number of H-pyrrole nitrogens is 2. The van der Waals surface area contributed by atoms with Gasteiger partial charge in [0.25, 0.3) is 5.62 Å². The summed E-state index contributed by atoms with van der Waals surface area (Å²) in [6.45, 7) is 0. The number of rotatable bonds is 5. The molecular formula is C19H22N8O4. The Hall–Kier alpha value is -3.70. The third-order valence-electron chi connectivity index (χ3n) is 5.67.